The molecule has 0 atom stereocenters. The summed E-state index contributed by atoms with van der Waals surface area (Å²) in [5.41, 5.74) is 3.53. The zero-order valence-corrected chi connectivity index (χ0v) is 20.9. The van der Waals surface area contributed by atoms with E-state index in [2.05, 4.69) is 31.9 Å². The average molecular weight is 564 g/mol. The molecule has 1 fully saturated rings. The molecule has 0 saturated heterocycles. The molecule has 5 heteroatoms. The first kappa shape index (κ1) is 21.9. The first-order valence-electron chi connectivity index (χ1n) is 10.7. The van der Waals surface area contributed by atoms with Crippen molar-refractivity contribution in [1.82, 2.24) is 0 Å². The molecular weight excluding hydrogens is 544 g/mol. The van der Waals surface area contributed by atoms with Crippen LogP contribution in [0.25, 0.3) is 34.8 Å². The largest absolute Gasteiger partial charge is 0.457 e. The van der Waals surface area contributed by atoms with E-state index in [1.807, 2.05) is 84.9 Å². The van der Waals surface area contributed by atoms with E-state index in [9.17, 15) is 4.79 Å². The number of Topliss-reactive ketones (excluding diaryl/α,β-unsaturated/α-hetero) is 1. The van der Waals surface area contributed by atoms with Gasteiger partial charge >= 0.3 is 0 Å². The summed E-state index contributed by atoms with van der Waals surface area (Å²) in [6.45, 7) is 0. The summed E-state index contributed by atoms with van der Waals surface area (Å²) in [5.74, 6) is 3.00. The predicted octanol–water partition coefficient (Wildman–Crippen LogP) is 8.95. The van der Waals surface area contributed by atoms with E-state index in [4.69, 9.17) is 8.83 Å². The topological polar surface area (TPSA) is 43.4 Å². The van der Waals surface area contributed by atoms with E-state index in [1.165, 1.54) is 0 Å². The van der Waals surface area contributed by atoms with Crippen LogP contribution in [0.3, 0.4) is 0 Å². The van der Waals surface area contributed by atoms with Crippen LogP contribution in [0.2, 0.25) is 0 Å². The molecule has 0 N–H and O–H groups in total. The molecule has 33 heavy (non-hydrogen) atoms. The molecule has 3 nitrogen and oxygen atoms in total. The SMILES string of the molecule is O=C1C(=Cc2ccc(-c3ccc(Br)cc3)o2)CCCC1=Cc1ccc(-c2ccc(Br)cc2)o1. The molecule has 1 saturated carbocycles. The van der Waals surface area contributed by atoms with Crippen LogP contribution in [0.4, 0.5) is 0 Å². The van der Waals surface area contributed by atoms with Gasteiger partial charge in [-0.2, -0.15) is 0 Å². The van der Waals surface area contributed by atoms with Crippen molar-refractivity contribution in [2.24, 2.45) is 0 Å². The molecule has 2 aromatic heterocycles. The molecule has 164 valence electrons. The molecule has 2 heterocycles. The van der Waals surface area contributed by atoms with E-state index in [0.29, 0.717) is 11.5 Å². The Balaban J connectivity index is 1.35. The van der Waals surface area contributed by atoms with Gasteiger partial charge in [0.25, 0.3) is 0 Å². The lowest BCUT2D eigenvalue weighted by molar-refractivity contribution is -0.112. The summed E-state index contributed by atoms with van der Waals surface area (Å²) in [7, 11) is 0. The van der Waals surface area contributed by atoms with Gasteiger partial charge in [-0.1, -0.05) is 56.1 Å². The Morgan fingerprint density at radius 2 is 1.03 bits per heavy atom. The Kier molecular flexibility index (Phi) is 6.34. The molecular formula is C28H20Br2O3. The molecule has 0 aliphatic heterocycles. The summed E-state index contributed by atoms with van der Waals surface area (Å²) in [6.07, 6.45) is 6.14. The Morgan fingerprint density at radius 3 is 1.45 bits per heavy atom. The third kappa shape index (κ3) is 5.05. The van der Waals surface area contributed by atoms with Gasteiger partial charge in [0.1, 0.15) is 23.0 Å². The lowest BCUT2D eigenvalue weighted by atomic mass is 9.88. The minimum Gasteiger partial charge on any atom is -0.457 e. The molecule has 0 radical (unpaired) electrons. The molecule has 5 rings (SSSR count). The highest BCUT2D eigenvalue weighted by atomic mass is 79.9. The Bertz CT molecular complexity index is 1250. The van der Waals surface area contributed by atoms with Crippen LogP contribution >= 0.6 is 31.9 Å². The van der Waals surface area contributed by atoms with Crippen LogP contribution in [0.1, 0.15) is 30.8 Å². The van der Waals surface area contributed by atoms with E-state index in [1.54, 1.807) is 0 Å². The second-order valence-electron chi connectivity index (χ2n) is 7.94. The fourth-order valence-corrected chi connectivity index (χ4v) is 4.45. The lowest BCUT2D eigenvalue weighted by Crippen LogP contribution is -2.12. The van der Waals surface area contributed by atoms with Crippen LogP contribution < -0.4 is 0 Å². The smallest absolute Gasteiger partial charge is 0.185 e. The van der Waals surface area contributed by atoms with Crippen LogP contribution in [0, 0.1) is 0 Å². The van der Waals surface area contributed by atoms with Gasteiger partial charge in [-0.25, -0.2) is 0 Å². The maximum absolute atomic E-state index is 13.1. The standard InChI is InChI=1S/C28H20Br2O3/c29-22-8-4-18(5-9-22)26-14-12-24(32-26)16-20-2-1-3-21(28(20)31)17-25-13-15-27(33-25)19-6-10-23(30)11-7-19/h4-17H,1-3H2. The molecule has 2 aromatic carbocycles. The number of furan rings is 2. The number of allylic oxidation sites excluding steroid dienone is 2. The molecule has 0 bridgehead atoms. The number of rotatable bonds is 4. The van der Waals surface area contributed by atoms with Crippen molar-refractivity contribution in [3.05, 3.63) is 104 Å². The Hall–Kier alpha value is -2.89. The molecule has 1 aliphatic rings. The maximum atomic E-state index is 13.1. The van der Waals surface area contributed by atoms with Crippen molar-refractivity contribution in [2.45, 2.75) is 19.3 Å². The van der Waals surface area contributed by atoms with Crippen LogP contribution in [-0.4, -0.2) is 5.78 Å². The van der Waals surface area contributed by atoms with Crippen molar-refractivity contribution in [3.8, 4) is 22.6 Å². The van der Waals surface area contributed by atoms with E-state index < -0.39 is 0 Å². The minimum atomic E-state index is 0.0597. The zero-order valence-electron chi connectivity index (χ0n) is 17.7. The number of ketones is 1. The van der Waals surface area contributed by atoms with Gasteiger partial charge in [-0.3, -0.25) is 4.79 Å². The number of halogens is 2. The fourth-order valence-electron chi connectivity index (χ4n) is 3.92. The number of hydrogen-bond acceptors (Lipinski definition) is 3. The molecule has 0 unspecified atom stereocenters. The Morgan fingerprint density at radius 1 is 0.606 bits per heavy atom. The summed E-state index contributed by atoms with van der Waals surface area (Å²) in [4.78, 5) is 13.1. The minimum absolute atomic E-state index is 0.0597. The predicted molar refractivity (Wildman–Crippen MR) is 138 cm³/mol. The van der Waals surface area contributed by atoms with Gasteiger partial charge in [0.05, 0.1) is 0 Å². The van der Waals surface area contributed by atoms with E-state index in [-0.39, 0.29) is 5.78 Å². The number of carbonyl (C=O) groups excluding carboxylic acids is 1. The lowest BCUT2D eigenvalue weighted by Gasteiger charge is -2.15. The summed E-state index contributed by atoms with van der Waals surface area (Å²) in [6, 6.07) is 23.6. The van der Waals surface area contributed by atoms with E-state index in [0.717, 1.165) is 62.0 Å². The van der Waals surface area contributed by atoms with Gasteiger partial charge in [0, 0.05) is 31.2 Å². The van der Waals surface area contributed by atoms with Gasteiger partial charge in [-0.15, -0.1) is 0 Å². The van der Waals surface area contributed by atoms with Gasteiger partial charge in [0.15, 0.2) is 5.78 Å². The van der Waals surface area contributed by atoms with Crippen molar-refractivity contribution in [2.75, 3.05) is 0 Å². The highest BCUT2D eigenvalue weighted by Crippen LogP contribution is 2.31. The first-order chi connectivity index (χ1) is 16.0. The third-order valence-corrected chi connectivity index (χ3v) is 6.68. The normalized spacial score (nSPS) is 16.6. The number of hydrogen-bond donors (Lipinski definition) is 0. The van der Waals surface area contributed by atoms with Crippen molar-refractivity contribution >= 4 is 49.8 Å². The Labute approximate surface area is 209 Å². The van der Waals surface area contributed by atoms with Gasteiger partial charge in [-0.05, 0) is 79.9 Å². The summed E-state index contributed by atoms with van der Waals surface area (Å²) in [5, 5.41) is 0. The quantitative estimate of drug-likeness (QED) is 0.233. The summed E-state index contributed by atoms with van der Waals surface area (Å²) < 4.78 is 14.0. The van der Waals surface area contributed by atoms with Crippen molar-refractivity contribution in [3.63, 3.8) is 0 Å². The molecule has 0 amide bonds. The van der Waals surface area contributed by atoms with Crippen molar-refractivity contribution < 1.29 is 13.6 Å². The average Bonchev–Trinajstić information content (AvgIpc) is 3.48. The van der Waals surface area contributed by atoms with Gasteiger partial charge < -0.3 is 8.83 Å². The highest BCUT2D eigenvalue weighted by Gasteiger charge is 2.21. The molecule has 1 aliphatic carbocycles. The highest BCUT2D eigenvalue weighted by molar-refractivity contribution is 9.10. The fraction of sp³-hybridized carbons (Fsp3) is 0.107. The zero-order chi connectivity index (χ0) is 22.8. The second-order valence-corrected chi connectivity index (χ2v) is 9.77. The third-order valence-electron chi connectivity index (χ3n) is 5.62. The molecule has 0 spiro atoms. The van der Waals surface area contributed by atoms with Crippen LogP contribution in [0.15, 0.2) is 102 Å². The molecule has 4 aromatic rings. The maximum Gasteiger partial charge on any atom is 0.185 e. The van der Waals surface area contributed by atoms with Crippen LogP contribution in [-0.2, 0) is 4.79 Å². The van der Waals surface area contributed by atoms with Gasteiger partial charge in [0.2, 0.25) is 0 Å². The monoisotopic (exact) mass is 562 g/mol. The second kappa shape index (κ2) is 9.54. The first-order valence-corrected chi connectivity index (χ1v) is 12.3. The van der Waals surface area contributed by atoms with Crippen LogP contribution in [0.5, 0.6) is 0 Å². The van der Waals surface area contributed by atoms with E-state index >= 15 is 0 Å². The van der Waals surface area contributed by atoms with Crippen molar-refractivity contribution in [1.29, 1.82) is 0 Å². The summed E-state index contributed by atoms with van der Waals surface area (Å²) >= 11 is 6.90. The number of benzene rings is 2. The number of carbonyl (C=O) groups is 1.